The summed E-state index contributed by atoms with van der Waals surface area (Å²) in [6.45, 7) is 5.86. The fourth-order valence-electron chi connectivity index (χ4n) is 2.41. The number of rotatable bonds is 2. The third-order valence-corrected chi connectivity index (χ3v) is 3.87. The molecule has 0 aliphatic carbocycles. The first kappa shape index (κ1) is 13.6. The van der Waals surface area contributed by atoms with Crippen LogP contribution in [0.1, 0.15) is 24.0 Å². The minimum Gasteiger partial charge on any atom is -0.325 e. The molecule has 1 aliphatic heterocycles. The topological polar surface area (TPSA) is 41.1 Å². The summed E-state index contributed by atoms with van der Waals surface area (Å²) in [7, 11) is 0. The number of carbonyl (C=O) groups excluding carboxylic acids is 1. The maximum atomic E-state index is 12.2. The van der Waals surface area contributed by atoms with Crippen molar-refractivity contribution in [3.63, 3.8) is 0 Å². The van der Waals surface area contributed by atoms with Crippen molar-refractivity contribution in [2.24, 2.45) is 5.92 Å². The van der Waals surface area contributed by atoms with Crippen molar-refractivity contribution in [2.75, 3.05) is 18.4 Å². The molecule has 0 spiro atoms. The lowest BCUT2D eigenvalue weighted by Gasteiger charge is -2.23. The highest BCUT2D eigenvalue weighted by Crippen LogP contribution is 2.26. The molecule has 0 saturated carbocycles. The highest BCUT2D eigenvalue weighted by Gasteiger charge is 2.21. The molecule has 0 bridgehead atoms. The Morgan fingerprint density at radius 3 is 2.61 bits per heavy atom. The second-order valence-corrected chi connectivity index (χ2v) is 5.86. The van der Waals surface area contributed by atoms with Gasteiger partial charge in [0.2, 0.25) is 5.91 Å². The third kappa shape index (κ3) is 3.12. The Labute approximate surface area is 116 Å². The zero-order chi connectivity index (χ0) is 13.1. The van der Waals surface area contributed by atoms with Gasteiger partial charge in [0.15, 0.2) is 0 Å². The molecule has 1 fully saturated rings. The van der Waals surface area contributed by atoms with E-state index in [9.17, 15) is 4.79 Å². The Morgan fingerprint density at radius 2 is 2.06 bits per heavy atom. The Bertz CT molecular complexity index is 430. The van der Waals surface area contributed by atoms with Gasteiger partial charge in [0, 0.05) is 16.7 Å². The van der Waals surface area contributed by atoms with E-state index in [1.807, 2.05) is 26.0 Å². The molecule has 98 valence electrons. The van der Waals surface area contributed by atoms with Crippen molar-refractivity contribution in [2.45, 2.75) is 26.7 Å². The van der Waals surface area contributed by atoms with Gasteiger partial charge in [-0.05, 0) is 56.5 Å². The lowest BCUT2D eigenvalue weighted by atomic mass is 9.98. The van der Waals surface area contributed by atoms with E-state index in [2.05, 4.69) is 26.6 Å². The fourth-order valence-corrected chi connectivity index (χ4v) is 3.10. The number of hydrogen-bond donors (Lipinski definition) is 2. The van der Waals surface area contributed by atoms with Gasteiger partial charge in [-0.15, -0.1) is 0 Å². The molecule has 18 heavy (non-hydrogen) atoms. The predicted octanol–water partition coefficient (Wildman–Crippen LogP) is 3.00. The molecule has 1 aliphatic rings. The first-order valence-electron chi connectivity index (χ1n) is 6.36. The van der Waals surface area contributed by atoms with E-state index in [1.165, 1.54) is 0 Å². The number of amides is 1. The summed E-state index contributed by atoms with van der Waals surface area (Å²) in [5, 5.41) is 6.35. The second kappa shape index (κ2) is 5.85. The van der Waals surface area contributed by atoms with Gasteiger partial charge in [-0.3, -0.25) is 4.79 Å². The standard InChI is InChI=1S/C14H19BrN2O/c1-9-6-12(15)7-10(2)13(9)17-14(18)11-4-3-5-16-8-11/h6-7,11,16H,3-5,8H2,1-2H3,(H,17,18). The van der Waals surface area contributed by atoms with Gasteiger partial charge < -0.3 is 10.6 Å². The molecule has 0 radical (unpaired) electrons. The van der Waals surface area contributed by atoms with Crippen LogP contribution in [0, 0.1) is 19.8 Å². The quantitative estimate of drug-likeness (QED) is 0.881. The van der Waals surface area contributed by atoms with Crippen LogP contribution in [0.5, 0.6) is 0 Å². The van der Waals surface area contributed by atoms with Crippen LogP contribution in [0.2, 0.25) is 0 Å². The van der Waals surface area contributed by atoms with E-state index in [-0.39, 0.29) is 11.8 Å². The molecule has 4 heteroatoms. The van der Waals surface area contributed by atoms with Gasteiger partial charge in [0.1, 0.15) is 0 Å². The van der Waals surface area contributed by atoms with Gasteiger partial charge >= 0.3 is 0 Å². The second-order valence-electron chi connectivity index (χ2n) is 4.95. The summed E-state index contributed by atoms with van der Waals surface area (Å²) in [6.07, 6.45) is 2.06. The number of benzene rings is 1. The Morgan fingerprint density at radius 1 is 1.39 bits per heavy atom. The minimum atomic E-state index is 0.0983. The van der Waals surface area contributed by atoms with E-state index < -0.39 is 0 Å². The molecular formula is C14H19BrN2O. The van der Waals surface area contributed by atoms with Crippen LogP contribution in [0.15, 0.2) is 16.6 Å². The summed E-state index contributed by atoms with van der Waals surface area (Å²) < 4.78 is 1.05. The molecule has 1 amide bonds. The summed E-state index contributed by atoms with van der Waals surface area (Å²) in [6, 6.07) is 4.06. The van der Waals surface area contributed by atoms with Crippen LogP contribution in [-0.4, -0.2) is 19.0 Å². The van der Waals surface area contributed by atoms with E-state index >= 15 is 0 Å². The lowest BCUT2D eigenvalue weighted by Crippen LogP contribution is -2.37. The van der Waals surface area contributed by atoms with Crippen LogP contribution in [0.4, 0.5) is 5.69 Å². The average molecular weight is 311 g/mol. The number of nitrogens with one attached hydrogen (secondary N) is 2. The van der Waals surface area contributed by atoms with Gasteiger partial charge in [-0.1, -0.05) is 15.9 Å². The Balaban J connectivity index is 2.11. The molecular weight excluding hydrogens is 292 g/mol. The molecule has 2 rings (SSSR count). The maximum Gasteiger partial charge on any atom is 0.228 e. The maximum absolute atomic E-state index is 12.2. The number of carbonyl (C=O) groups is 1. The fraction of sp³-hybridized carbons (Fsp3) is 0.500. The van der Waals surface area contributed by atoms with E-state index in [4.69, 9.17) is 0 Å². The smallest absolute Gasteiger partial charge is 0.228 e. The summed E-state index contributed by atoms with van der Waals surface area (Å²) >= 11 is 3.47. The third-order valence-electron chi connectivity index (χ3n) is 3.41. The Kier molecular flexibility index (Phi) is 4.40. The Hall–Kier alpha value is -0.870. The SMILES string of the molecule is Cc1cc(Br)cc(C)c1NC(=O)C1CCCNC1. The van der Waals surface area contributed by atoms with Crippen molar-refractivity contribution in [3.8, 4) is 0 Å². The van der Waals surface area contributed by atoms with Crippen LogP contribution in [0.3, 0.4) is 0 Å². The molecule has 3 nitrogen and oxygen atoms in total. The highest BCUT2D eigenvalue weighted by molar-refractivity contribution is 9.10. The largest absolute Gasteiger partial charge is 0.325 e. The summed E-state index contributed by atoms with van der Waals surface area (Å²) in [5.74, 6) is 0.233. The van der Waals surface area contributed by atoms with Crippen LogP contribution in [0.25, 0.3) is 0 Å². The van der Waals surface area contributed by atoms with Gasteiger partial charge in [-0.2, -0.15) is 0 Å². The summed E-state index contributed by atoms with van der Waals surface area (Å²) in [4.78, 5) is 12.2. The zero-order valence-electron chi connectivity index (χ0n) is 10.8. The first-order chi connectivity index (χ1) is 8.58. The van der Waals surface area contributed by atoms with Gasteiger partial charge in [-0.25, -0.2) is 0 Å². The molecule has 0 aromatic heterocycles. The number of halogens is 1. The normalized spacial score (nSPS) is 19.6. The van der Waals surface area contributed by atoms with Crippen molar-refractivity contribution >= 4 is 27.5 Å². The van der Waals surface area contributed by atoms with E-state index in [0.29, 0.717) is 0 Å². The molecule has 2 N–H and O–H groups in total. The van der Waals surface area contributed by atoms with E-state index in [0.717, 1.165) is 47.2 Å². The van der Waals surface area contributed by atoms with Crippen LogP contribution >= 0.6 is 15.9 Å². The number of piperidine rings is 1. The first-order valence-corrected chi connectivity index (χ1v) is 7.15. The predicted molar refractivity (Wildman–Crippen MR) is 77.8 cm³/mol. The zero-order valence-corrected chi connectivity index (χ0v) is 12.4. The minimum absolute atomic E-state index is 0.0983. The van der Waals surface area contributed by atoms with Gasteiger partial charge in [0.05, 0.1) is 5.92 Å². The number of hydrogen-bond acceptors (Lipinski definition) is 2. The van der Waals surface area contributed by atoms with Crippen molar-refractivity contribution in [1.82, 2.24) is 5.32 Å². The summed E-state index contributed by atoms with van der Waals surface area (Å²) in [5.41, 5.74) is 3.15. The van der Waals surface area contributed by atoms with Crippen molar-refractivity contribution in [3.05, 3.63) is 27.7 Å². The average Bonchev–Trinajstić information content (AvgIpc) is 2.34. The molecule has 1 unspecified atom stereocenters. The van der Waals surface area contributed by atoms with Crippen molar-refractivity contribution < 1.29 is 4.79 Å². The monoisotopic (exact) mass is 310 g/mol. The number of anilines is 1. The van der Waals surface area contributed by atoms with E-state index in [1.54, 1.807) is 0 Å². The highest BCUT2D eigenvalue weighted by atomic mass is 79.9. The van der Waals surface area contributed by atoms with Crippen LogP contribution in [-0.2, 0) is 4.79 Å². The molecule has 1 heterocycles. The lowest BCUT2D eigenvalue weighted by molar-refractivity contribution is -0.120. The van der Waals surface area contributed by atoms with Crippen LogP contribution < -0.4 is 10.6 Å². The molecule has 1 aromatic rings. The number of aryl methyl sites for hydroxylation is 2. The van der Waals surface area contributed by atoms with Crippen molar-refractivity contribution in [1.29, 1.82) is 0 Å². The molecule has 1 saturated heterocycles. The molecule has 1 atom stereocenters. The molecule has 1 aromatic carbocycles. The van der Waals surface area contributed by atoms with Gasteiger partial charge in [0.25, 0.3) is 0 Å².